The van der Waals surface area contributed by atoms with Gasteiger partial charge in [0.15, 0.2) is 0 Å². The zero-order valence-corrected chi connectivity index (χ0v) is 14.1. The van der Waals surface area contributed by atoms with Crippen LogP contribution in [0.15, 0.2) is 27.6 Å². The van der Waals surface area contributed by atoms with Gasteiger partial charge in [-0.2, -0.15) is 4.31 Å². The summed E-state index contributed by atoms with van der Waals surface area (Å²) in [6.45, 7) is 1.86. The predicted molar refractivity (Wildman–Crippen MR) is 82.1 cm³/mol. The smallest absolute Gasteiger partial charge is 0.243 e. The zero-order chi connectivity index (χ0) is 14.9. The van der Waals surface area contributed by atoms with Crippen molar-refractivity contribution >= 4 is 26.0 Å². The van der Waals surface area contributed by atoms with Gasteiger partial charge in [-0.05, 0) is 43.5 Å². The van der Waals surface area contributed by atoms with E-state index in [1.165, 1.54) is 4.31 Å². The number of aliphatic hydroxyl groups excluding tert-OH is 1. The van der Waals surface area contributed by atoms with Gasteiger partial charge >= 0.3 is 0 Å². The highest BCUT2D eigenvalue weighted by Gasteiger charge is 2.34. The average Bonchev–Trinajstić information content (AvgIpc) is 2.41. The molecular weight excluding hydrogens is 342 g/mol. The molecule has 1 aromatic rings. The molecule has 2 atom stereocenters. The molecule has 6 heteroatoms. The number of hydrogen-bond donors (Lipinski definition) is 1. The minimum Gasteiger partial charge on any atom is -0.391 e. The number of rotatable bonds is 3. The molecule has 112 valence electrons. The van der Waals surface area contributed by atoms with E-state index in [9.17, 15) is 13.5 Å². The van der Waals surface area contributed by atoms with Crippen molar-refractivity contribution in [3.05, 3.63) is 28.2 Å². The number of sulfonamides is 1. The Balaban J connectivity index is 2.31. The van der Waals surface area contributed by atoms with Crippen LogP contribution in [0.4, 0.5) is 0 Å². The molecule has 0 spiro atoms. The first kappa shape index (κ1) is 15.9. The van der Waals surface area contributed by atoms with Crippen molar-refractivity contribution in [2.75, 3.05) is 7.05 Å². The van der Waals surface area contributed by atoms with Gasteiger partial charge < -0.3 is 5.11 Å². The predicted octanol–water partition coefficient (Wildman–Crippen LogP) is 2.68. The summed E-state index contributed by atoms with van der Waals surface area (Å²) >= 11 is 3.37. The van der Waals surface area contributed by atoms with Crippen molar-refractivity contribution in [1.82, 2.24) is 4.31 Å². The Hall–Kier alpha value is -0.430. The van der Waals surface area contributed by atoms with E-state index in [0.29, 0.717) is 12.8 Å². The summed E-state index contributed by atoms with van der Waals surface area (Å²) in [7, 11) is -2.00. The molecule has 0 heterocycles. The maximum Gasteiger partial charge on any atom is 0.243 e. The van der Waals surface area contributed by atoms with Crippen LogP contribution in [0.2, 0.25) is 0 Å². The van der Waals surface area contributed by atoms with Crippen LogP contribution < -0.4 is 0 Å². The third-order valence-corrected chi connectivity index (χ3v) is 6.74. The Labute approximate surface area is 129 Å². The summed E-state index contributed by atoms with van der Waals surface area (Å²) in [5, 5.41) is 10.0. The molecule has 1 saturated carbocycles. The van der Waals surface area contributed by atoms with Crippen molar-refractivity contribution in [1.29, 1.82) is 0 Å². The van der Waals surface area contributed by atoms with Crippen molar-refractivity contribution in [2.45, 2.75) is 49.6 Å². The Kier molecular flexibility index (Phi) is 4.89. The Bertz CT molecular complexity index is 588. The van der Waals surface area contributed by atoms with Crippen molar-refractivity contribution in [2.24, 2.45) is 0 Å². The van der Waals surface area contributed by atoms with Gasteiger partial charge in [0, 0.05) is 11.5 Å². The van der Waals surface area contributed by atoms with Crippen LogP contribution in [-0.4, -0.2) is 37.0 Å². The lowest BCUT2D eigenvalue weighted by atomic mass is 9.93. The molecule has 20 heavy (non-hydrogen) atoms. The van der Waals surface area contributed by atoms with Gasteiger partial charge in [-0.3, -0.25) is 0 Å². The maximum atomic E-state index is 12.6. The number of halogens is 1. The number of benzene rings is 1. The molecule has 2 rings (SSSR count). The third kappa shape index (κ3) is 3.08. The number of likely N-dealkylation sites (N-methyl/N-ethyl adjacent to an activating group) is 1. The van der Waals surface area contributed by atoms with Gasteiger partial charge in [-0.15, -0.1) is 0 Å². The number of aryl methyl sites for hydroxylation is 1. The van der Waals surface area contributed by atoms with Crippen LogP contribution in [0.5, 0.6) is 0 Å². The first-order valence-electron chi connectivity index (χ1n) is 6.76. The Morgan fingerprint density at radius 3 is 2.55 bits per heavy atom. The van der Waals surface area contributed by atoms with Gasteiger partial charge in [0.05, 0.1) is 17.0 Å². The van der Waals surface area contributed by atoms with E-state index in [0.717, 1.165) is 22.9 Å². The fraction of sp³-hybridized carbons (Fsp3) is 0.571. The zero-order valence-electron chi connectivity index (χ0n) is 11.7. The molecule has 1 fully saturated rings. The molecule has 4 nitrogen and oxygen atoms in total. The van der Waals surface area contributed by atoms with Gasteiger partial charge in [0.25, 0.3) is 0 Å². The summed E-state index contributed by atoms with van der Waals surface area (Å²) in [5.41, 5.74) is 0.878. The second kappa shape index (κ2) is 6.13. The Morgan fingerprint density at radius 1 is 1.30 bits per heavy atom. The molecule has 0 bridgehead atoms. The lowest BCUT2D eigenvalue weighted by Crippen LogP contribution is -2.46. The molecular formula is C14H20BrNO3S. The first-order chi connectivity index (χ1) is 9.34. The summed E-state index contributed by atoms with van der Waals surface area (Å²) in [4.78, 5) is 0.276. The van der Waals surface area contributed by atoms with E-state index in [-0.39, 0.29) is 10.9 Å². The average molecular weight is 362 g/mol. The summed E-state index contributed by atoms with van der Waals surface area (Å²) < 4.78 is 27.5. The molecule has 1 aliphatic carbocycles. The quantitative estimate of drug-likeness (QED) is 0.900. The monoisotopic (exact) mass is 361 g/mol. The molecule has 1 aromatic carbocycles. The SMILES string of the molecule is Cc1cc(S(=O)(=O)N(C)C2CCCCC2O)ccc1Br. The maximum absolute atomic E-state index is 12.6. The van der Waals surface area contributed by atoms with E-state index < -0.39 is 16.1 Å². The number of nitrogens with zero attached hydrogens (tertiary/aromatic N) is 1. The topological polar surface area (TPSA) is 57.6 Å². The van der Waals surface area contributed by atoms with Crippen LogP contribution in [0.1, 0.15) is 31.2 Å². The van der Waals surface area contributed by atoms with Crippen LogP contribution >= 0.6 is 15.9 Å². The van der Waals surface area contributed by atoms with Gasteiger partial charge in [-0.1, -0.05) is 28.8 Å². The molecule has 0 saturated heterocycles. The minimum absolute atomic E-state index is 0.276. The van der Waals surface area contributed by atoms with E-state index in [1.54, 1.807) is 25.2 Å². The minimum atomic E-state index is -3.56. The lowest BCUT2D eigenvalue weighted by Gasteiger charge is -2.34. The fourth-order valence-electron chi connectivity index (χ4n) is 2.64. The Morgan fingerprint density at radius 2 is 1.95 bits per heavy atom. The molecule has 0 amide bonds. The normalized spacial score (nSPS) is 24.1. The van der Waals surface area contributed by atoms with Gasteiger partial charge in [0.1, 0.15) is 0 Å². The van der Waals surface area contributed by atoms with E-state index >= 15 is 0 Å². The largest absolute Gasteiger partial charge is 0.391 e. The molecule has 2 unspecified atom stereocenters. The molecule has 0 aliphatic heterocycles. The molecule has 1 N–H and O–H groups in total. The van der Waals surface area contributed by atoms with Gasteiger partial charge in [-0.25, -0.2) is 8.42 Å². The van der Waals surface area contributed by atoms with E-state index in [2.05, 4.69) is 15.9 Å². The fourth-order valence-corrected chi connectivity index (χ4v) is 4.39. The van der Waals surface area contributed by atoms with Crippen molar-refractivity contribution in [3.8, 4) is 0 Å². The third-order valence-electron chi connectivity index (χ3n) is 3.97. The van der Waals surface area contributed by atoms with Crippen LogP contribution in [0.25, 0.3) is 0 Å². The summed E-state index contributed by atoms with van der Waals surface area (Å²) in [6, 6.07) is 4.68. The van der Waals surface area contributed by atoms with Crippen LogP contribution in [0, 0.1) is 6.92 Å². The highest BCUT2D eigenvalue weighted by molar-refractivity contribution is 9.10. The van der Waals surface area contributed by atoms with Gasteiger partial charge in [0.2, 0.25) is 10.0 Å². The summed E-state index contributed by atoms with van der Waals surface area (Å²) in [5.74, 6) is 0. The van der Waals surface area contributed by atoms with Crippen molar-refractivity contribution < 1.29 is 13.5 Å². The summed E-state index contributed by atoms with van der Waals surface area (Å²) in [6.07, 6.45) is 2.74. The van der Waals surface area contributed by atoms with Crippen LogP contribution in [0.3, 0.4) is 0 Å². The highest BCUT2D eigenvalue weighted by Crippen LogP contribution is 2.28. The number of aliphatic hydroxyl groups is 1. The van der Waals surface area contributed by atoms with E-state index in [1.807, 2.05) is 6.92 Å². The van der Waals surface area contributed by atoms with Crippen LogP contribution in [-0.2, 0) is 10.0 Å². The lowest BCUT2D eigenvalue weighted by molar-refractivity contribution is 0.0638. The molecule has 0 radical (unpaired) electrons. The molecule has 0 aromatic heterocycles. The first-order valence-corrected chi connectivity index (χ1v) is 8.99. The second-order valence-corrected chi connectivity index (χ2v) is 8.20. The standard InChI is InChI=1S/C14H20BrNO3S/c1-10-9-11(7-8-12(10)15)20(18,19)16(2)13-5-3-4-6-14(13)17/h7-9,13-14,17H,3-6H2,1-2H3. The molecule has 1 aliphatic rings. The second-order valence-electron chi connectivity index (χ2n) is 5.35. The highest BCUT2D eigenvalue weighted by atomic mass is 79.9. The van der Waals surface area contributed by atoms with E-state index in [4.69, 9.17) is 0 Å². The number of hydrogen-bond acceptors (Lipinski definition) is 3. The van der Waals surface area contributed by atoms with Crippen molar-refractivity contribution in [3.63, 3.8) is 0 Å².